The van der Waals surface area contributed by atoms with Crippen molar-refractivity contribution in [2.45, 2.75) is 32.4 Å². The minimum atomic E-state index is -1.15. The fourth-order valence-electron chi connectivity index (χ4n) is 1.91. The first-order chi connectivity index (χ1) is 10.8. The molecule has 0 bridgehead atoms. The van der Waals surface area contributed by atoms with Crippen molar-refractivity contribution in [3.05, 3.63) is 34.2 Å². The number of nitrogens with one attached hydrogen (secondary N) is 2. The molecule has 0 unspecified atom stereocenters. The lowest BCUT2D eigenvalue weighted by Gasteiger charge is -2.22. The minimum Gasteiger partial charge on any atom is -0.383 e. The van der Waals surface area contributed by atoms with E-state index < -0.39 is 11.6 Å². The number of nitriles is 1. The van der Waals surface area contributed by atoms with Crippen LogP contribution in [0.4, 0.5) is 10.6 Å². The Hall–Kier alpha value is -2.37. The molecule has 8 heteroatoms. The molecule has 2 aromatic rings. The van der Waals surface area contributed by atoms with Crippen LogP contribution in [0.1, 0.15) is 37.3 Å². The van der Waals surface area contributed by atoms with E-state index in [0.29, 0.717) is 5.56 Å². The van der Waals surface area contributed by atoms with Gasteiger partial charge in [-0.2, -0.15) is 10.4 Å². The Labute approximate surface area is 138 Å². The molecule has 2 rings (SSSR count). The van der Waals surface area contributed by atoms with Crippen molar-refractivity contribution in [2.75, 3.05) is 11.9 Å². The standard InChI is InChI=1S/C15H19N5O2S/c1-10(2)20-8-11(7-16)13(19-20)18-14(21)17-9-15(3,22)12-5-4-6-23-12/h4-6,8,10,22H,9H2,1-3H3,(H2,17,18,19,21)/t15-/m0/s1. The number of anilines is 1. The maximum absolute atomic E-state index is 12.0. The smallest absolute Gasteiger partial charge is 0.320 e. The third-order valence-corrected chi connectivity index (χ3v) is 4.38. The third-order valence-electron chi connectivity index (χ3n) is 3.26. The molecular formula is C15H19N5O2S. The first-order valence-electron chi connectivity index (χ1n) is 7.14. The van der Waals surface area contributed by atoms with Crippen molar-refractivity contribution >= 4 is 23.2 Å². The summed E-state index contributed by atoms with van der Waals surface area (Å²) in [7, 11) is 0. The van der Waals surface area contributed by atoms with Crippen molar-refractivity contribution in [3.8, 4) is 6.07 Å². The summed E-state index contributed by atoms with van der Waals surface area (Å²) >= 11 is 1.42. The molecule has 0 saturated carbocycles. The number of aliphatic hydroxyl groups is 1. The zero-order chi connectivity index (χ0) is 17.0. The highest BCUT2D eigenvalue weighted by Gasteiger charge is 2.25. The molecule has 0 aliphatic rings. The Morgan fingerprint density at radius 1 is 1.61 bits per heavy atom. The second-order valence-electron chi connectivity index (χ2n) is 5.64. The lowest BCUT2D eigenvalue weighted by atomic mass is 10.1. The van der Waals surface area contributed by atoms with Crippen molar-refractivity contribution < 1.29 is 9.90 Å². The molecule has 0 aliphatic carbocycles. The predicted molar refractivity (Wildman–Crippen MR) is 88.2 cm³/mol. The molecule has 0 radical (unpaired) electrons. The van der Waals surface area contributed by atoms with E-state index in [1.807, 2.05) is 37.4 Å². The monoisotopic (exact) mass is 333 g/mol. The molecule has 7 nitrogen and oxygen atoms in total. The molecule has 0 aliphatic heterocycles. The summed E-state index contributed by atoms with van der Waals surface area (Å²) in [4.78, 5) is 12.8. The van der Waals surface area contributed by atoms with Crippen molar-refractivity contribution in [3.63, 3.8) is 0 Å². The zero-order valence-corrected chi connectivity index (χ0v) is 14.0. The number of thiophene rings is 1. The quantitative estimate of drug-likeness (QED) is 0.782. The van der Waals surface area contributed by atoms with E-state index in [2.05, 4.69) is 15.7 Å². The summed E-state index contributed by atoms with van der Waals surface area (Å²) in [5.74, 6) is 0.203. The Bertz CT molecular complexity index is 713. The largest absolute Gasteiger partial charge is 0.383 e. The summed E-state index contributed by atoms with van der Waals surface area (Å²) in [5.41, 5.74) is -0.861. The molecule has 122 valence electrons. The van der Waals surface area contributed by atoms with E-state index in [4.69, 9.17) is 5.26 Å². The zero-order valence-electron chi connectivity index (χ0n) is 13.2. The Balaban J connectivity index is 1.99. The Kier molecular flexibility index (Phi) is 5.03. The van der Waals surface area contributed by atoms with Gasteiger partial charge < -0.3 is 10.4 Å². The number of amides is 2. The predicted octanol–water partition coefficient (Wildman–Crippen LogP) is 2.43. The molecule has 3 N–H and O–H groups in total. The van der Waals surface area contributed by atoms with Crippen LogP contribution in [0, 0.1) is 11.3 Å². The SMILES string of the molecule is CC(C)n1cc(C#N)c(NC(=O)NC[C@](C)(O)c2cccs2)n1. The number of nitrogens with zero attached hydrogens (tertiary/aromatic N) is 3. The van der Waals surface area contributed by atoms with E-state index in [1.54, 1.807) is 17.8 Å². The van der Waals surface area contributed by atoms with Gasteiger partial charge in [0.2, 0.25) is 0 Å². The number of aromatic nitrogens is 2. The van der Waals surface area contributed by atoms with E-state index in [0.717, 1.165) is 4.88 Å². The second-order valence-corrected chi connectivity index (χ2v) is 6.58. The minimum absolute atomic E-state index is 0.0477. The summed E-state index contributed by atoms with van der Waals surface area (Å²) in [6.07, 6.45) is 1.59. The number of carbonyl (C=O) groups excluding carboxylic acids is 1. The van der Waals surface area contributed by atoms with Gasteiger partial charge in [-0.15, -0.1) is 11.3 Å². The van der Waals surface area contributed by atoms with Crippen molar-refractivity contribution in [1.82, 2.24) is 15.1 Å². The summed E-state index contributed by atoms with van der Waals surface area (Å²) < 4.78 is 1.61. The normalized spacial score (nSPS) is 13.4. The fourth-order valence-corrected chi connectivity index (χ4v) is 2.69. The summed E-state index contributed by atoms with van der Waals surface area (Å²) in [6.45, 7) is 5.53. The van der Waals surface area contributed by atoms with Crippen LogP contribution in [0.3, 0.4) is 0 Å². The lowest BCUT2D eigenvalue weighted by Crippen LogP contribution is -2.40. The van der Waals surface area contributed by atoms with Gasteiger partial charge in [0.1, 0.15) is 17.2 Å². The number of urea groups is 1. The maximum atomic E-state index is 12.0. The molecule has 1 atom stereocenters. The molecule has 2 aromatic heterocycles. The van der Waals surface area contributed by atoms with Crippen LogP contribution in [0.25, 0.3) is 0 Å². The molecule has 0 aromatic carbocycles. The number of hydrogen-bond donors (Lipinski definition) is 3. The van der Waals surface area contributed by atoms with Crippen LogP contribution < -0.4 is 10.6 Å². The summed E-state index contributed by atoms with van der Waals surface area (Å²) in [6, 6.07) is 5.21. The van der Waals surface area contributed by atoms with Crippen LogP contribution in [0.5, 0.6) is 0 Å². The molecule has 0 fully saturated rings. The van der Waals surface area contributed by atoms with Crippen molar-refractivity contribution in [2.24, 2.45) is 0 Å². The highest BCUT2D eigenvalue weighted by Crippen LogP contribution is 2.24. The molecule has 0 saturated heterocycles. The van der Waals surface area contributed by atoms with Gasteiger partial charge in [0.15, 0.2) is 5.82 Å². The highest BCUT2D eigenvalue weighted by atomic mass is 32.1. The fraction of sp³-hybridized carbons (Fsp3) is 0.400. The van der Waals surface area contributed by atoms with Gasteiger partial charge in [0, 0.05) is 17.1 Å². The van der Waals surface area contributed by atoms with E-state index >= 15 is 0 Å². The van der Waals surface area contributed by atoms with Crippen LogP contribution in [0.2, 0.25) is 0 Å². The van der Waals surface area contributed by atoms with Gasteiger partial charge in [-0.1, -0.05) is 6.07 Å². The molecular weight excluding hydrogens is 314 g/mol. The Morgan fingerprint density at radius 3 is 2.91 bits per heavy atom. The first-order valence-corrected chi connectivity index (χ1v) is 8.02. The van der Waals surface area contributed by atoms with E-state index in [9.17, 15) is 9.90 Å². The van der Waals surface area contributed by atoms with Crippen molar-refractivity contribution in [1.29, 1.82) is 5.26 Å². The third kappa shape index (κ3) is 4.09. The van der Waals surface area contributed by atoms with Crippen LogP contribution in [-0.2, 0) is 5.60 Å². The van der Waals surface area contributed by atoms with Gasteiger partial charge in [-0.25, -0.2) is 4.79 Å². The highest BCUT2D eigenvalue weighted by molar-refractivity contribution is 7.10. The lowest BCUT2D eigenvalue weighted by molar-refractivity contribution is 0.0637. The maximum Gasteiger partial charge on any atom is 0.320 e. The summed E-state index contributed by atoms with van der Waals surface area (Å²) in [5, 5.41) is 30.6. The van der Waals surface area contributed by atoms with Gasteiger partial charge in [-0.3, -0.25) is 10.00 Å². The average molecular weight is 333 g/mol. The molecule has 2 amide bonds. The van der Waals surface area contributed by atoms with Crippen LogP contribution >= 0.6 is 11.3 Å². The molecule has 0 spiro atoms. The van der Waals surface area contributed by atoms with Gasteiger partial charge >= 0.3 is 6.03 Å². The second kappa shape index (κ2) is 6.81. The van der Waals surface area contributed by atoms with Crippen LogP contribution in [0.15, 0.2) is 23.7 Å². The molecule has 23 heavy (non-hydrogen) atoms. The van der Waals surface area contributed by atoms with E-state index in [-0.39, 0.29) is 18.4 Å². The van der Waals surface area contributed by atoms with E-state index in [1.165, 1.54) is 11.3 Å². The molecule has 2 heterocycles. The number of carbonyl (C=O) groups is 1. The number of hydrogen-bond acceptors (Lipinski definition) is 5. The van der Waals surface area contributed by atoms with Gasteiger partial charge in [-0.05, 0) is 32.2 Å². The first kappa shape index (κ1) is 17.0. The Morgan fingerprint density at radius 2 is 2.35 bits per heavy atom. The van der Waals surface area contributed by atoms with Gasteiger partial charge in [0.25, 0.3) is 0 Å². The van der Waals surface area contributed by atoms with Gasteiger partial charge in [0.05, 0.1) is 6.54 Å². The average Bonchev–Trinajstić information content (AvgIpc) is 3.15. The van der Waals surface area contributed by atoms with Crippen LogP contribution in [-0.4, -0.2) is 27.5 Å². The number of rotatable bonds is 5. The topological polar surface area (TPSA) is 103 Å².